The predicted molar refractivity (Wildman–Crippen MR) is 80.4 cm³/mol. The molecule has 112 valence electrons. The number of rotatable bonds is 5. The number of hydrogen-bond donors (Lipinski definition) is 1. The zero-order valence-electron chi connectivity index (χ0n) is 12.6. The van der Waals surface area contributed by atoms with Crippen molar-refractivity contribution in [1.82, 2.24) is 5.32 Å². The molecule has 1 saturated carbocycles. The molecule has 0 radical (unpaired) electrons. The van der Waals surface area contributed by atoms with Crippen molar-refractivity contribution in [3.05, 3.63) is 35.6 Å². The number of methoxy groups -OCH3 is 1. The van der Waals surface area contributed by atoms with Gasteiger partial charge in [-0.2, -0.15) is 0 Å². The molecule has 0 spiro atoms. The monoisotopic (exact) mass is 279 g/mol. The Morgan fingerprint density at radius 2 is 1.75 bits per heavy atom. The van der Waals surface area contributed by atoms with Crippen LogP contribution in [0.15, 0.2) is 24.3 Å². The van der Waals surface area contributed by atoms with Crippen molar-refractivity contribution < 1.29 is 9.13 Å². The van der Waals surface area contributed by atoms with Gasteiger partial charge in [0.15, 0.2) is 0 Å². The lowest BCUT2D eigenvalue weighted by atomic mass is 9.83. The number of likely N-dealkylation sites (N-methyl/N-ethyl adjacent to an activating group) is 1. The Morgan fingerprint density at radius 1 is 1.15 bits per heavy atom. The van der Waals surface area contributed by atoms with Crippen molar-refractivity contribution in [3.8, 4) is 0 Å². The molecule has 1 N–H and O–H groups in total. The van der Waals surface area contributed by atoms with Crippen LogP contribution in [0.1, 0.15) is 44.1 Å². The summed E-state index contributed by atoms with van der Waals surface area (Å²) in [6.45, 7) is 0. The Bertz CT molecular complexity index is 396. The second kappa shape index (κ2) is 7.19. The van der Waals surface area contributed by atoms with Crippen LogP contribution >= 0.6 is 0 Å². The van der Waals surface area contributed by atoms with Gasteiger partial charge in [0.25, 0.3) is 0 Å². The maximum atomic E-state index is 13.0. The van der Waals surface area contributed by atoms with Crippen LogP contribution < -0.4 is 5.32 Å². The van der Waals surface area contributed by atoms with Crippen molar-refractivity contribution in [1.29, 1.82) is 0 Å². The van der Waals surface area contributed by atoms with Gasteiger partial charge in [-0.1, -0.05) is 37.8 Å². The van der Waals surface area contributed by atoms with Gasteiger partial charge in [-0.25, -0.2) is 4.39 Å². The summed E-state index contributed by atoms with van der Waals surface area (Å²) >= 11 is 0. The lowest BCUT2D eigenvalue weighted by molar-refractivity contribution is -0.0509. The molecule has 20 heavy (non-hydrogen) atoms. The van der Waals surface area contributed by atoms with Gasteiger partial charge in [-0.05, 0) is 44.0 Å². The van der Waals surface area contributed by atoms with Crippen molar-refractivity contribution in [2.75, 3.05) is 14.2 Å². The van der Waals surface area contributed by atoms with Crippen LogP contribution in [0.25, 0.3) is 0 Å². The standard InChI is InChI=1S/C17H26FNO/c1-19-16(13-14-7-9-15(18)10-8-14)17(20-2)11-5-3-4-6-12-17/h7-10,16,19H,3-6,11-13H2,1-2H3. The summed E-state index contributed by atoms with van der Waals surface area (Å²) in [6.07, 6.45) is 8.16. The van der Waals surface area contributed by atoms with E-state index < -0.39 is 0 Å². The van der Waals surface area contributed by atoms with E-state index in [1.54, 1.807) is 0 Å². The lowest BCUT2D eigenvalue weighted by Gasteiger charge is -2.39. The highest BCUT2D eigenvalue weighted by atomic mass is 19.1. The SMILES string of the molecule is CNC(Cc1ccc(F)cc1)C1(OC)CCCCCC1. The molecule has 1 aliphatic rings. The van der Waals surface area contributed by atoms with E-state index >= 15 is 0 Å². The van der Waals surface area contributed by atoms with E-state index in [4.69, 9.17) is 4.74 Å². The van der Waals surface area contributed by atoms with Crippen LogP contribution in [0.3, 0.4) is 0 Å². The fraction of sp³-hybridized carbons (Fsp3) is 0.647. The van der Waals surface area contributed by atoms with Gasteiger partial charge in [-0.3, -0.25) is 0 Å². The van der Waals surface area contributed by atoms with Crippen molar-refractivity contribution in [2.24, 2.45) is 0 Å². The first-order chi connectivity index (χ1) is 9.70. The fourth-order valence-corrected chi connectivity index (χ4v) is 3.43. The summed E-state index contributed by atoms with van der Waals surface area (Å²) in [5.74, 6) is -0.175. The maximum Gasteiger partial charge on any atom is 0.123 e. The molecule has 1 aromatic rings. The highest BCUT2D eigenvalue weighted by Crippen LogP contribution is 2.34. The van der Waals surface area contributed by atoms with Crippen molar-refractivity contribution in [2.45, 2.75) is 56.6 Å². The maximum absolute atomic E-state index is 13.0. The van der Waals surface area contributed by atoms with E-state index in [9.17, 15) is 4.39 Å². The van der Waals surface area contributed by atoms with E-state index in [1.165, 1.54) is 37.8 Å². The second-order valence-corrected chi connectivity index (χ2v) is 5.85. The molecule has 0 aliphatic heterocycles. The van der Waals surface area contributed by atoms with Crippen LogP contribution in [0.5, 0.6) is 0 Å². The molecule has 1 atom stereocenters. The van der Waals surface area contributed by atoms with Gasteiger partial charge in [-0.15, -0.1) is 0 Å². The summed E-state index contributed by atoms with van der Waals surface area (Å²) in [5.41, 5.74) is 1.08. The Balaban J connectivity index is 2.13. The molecule has 0 bridgehead atoms. The molecule has 1 fully saturated rings. The number of ether oxygens (including phenoxy) is 1. The predicted octanol–water partition coefficient (Wildman–Crippen LogP) is 3.70. The van der Waals surface area contributed by atoms with Crippen molar-refractivity contribution >= 4 is 0 Å². The summed E-state index contributed by atoms with van der Waals surface area (Å²) < 4.78 is 19.0. The summed E-state index contributed by atoms with van der Waals surface area (Å²) in [7, 11) is 3.83. The average Bonchev–Trinajstić information content (AvgIpc) is 2.73. The number of halogens is 1. The Labute approximate surface area is 121 Å². The number of benzene rings is 1. The first-order valence-corrected chi connectivity index (χ1v) is 7.67. The largest absolute Gasteiger partial charge is 0.377 e. The third-order valence-corrected chi connectivity index (χ3v) is 4.69. The number of nitrogens with one attached hydrogen (secondary N) is 1. The molecule has 1 aromatic carbocycles. The van der Waals surface area contributed by atoms with E-state index in [-0.39, 0.29) is 17.5 Å². The summed E-state index contributed by atoms with van der Waals surface area (Å²) in [6, 6.07) is 7.10. The number of hydrogen-bond acceptors (Lipinski definition) is 2. The van der Waals surface area contributed by atoms with Crippen LogP contribution in [-0.2, 0) is 11.2 Å². The minimum absolute atomic E-state index is 0.0837. The molecule has 1 unspecified atom stereocenters. The fourth-order valence-electron chi connectivity index (χ4n) is 3.43. The Kier molecular flexibility index (Phi) is 5.55. The smallest absolute Gasteiger partial charge is 0.123 e. The third-order valence-electron chi connectivity index (χ3n) is 4.69. The van der Waals surface area contributed by atoms with Crippen LogP contribution in [0.2, 0.25) is 0 Å². The molecule has 0 amide bonds. The van der Waals surface area contributed by atoms with E-state index in [1.807, 2.05) is 26.3 Å². The zero-order chi connectivity index (χ0) is 14.4. The van der Waals surface area contributed by atoms with Gasteiger partial charge in [0.2, 0.25) is 0 Å². The summed E-state index contributed by atoms with van der Waals surface area (Å²) in [5, 5.41) is 3.44. The molecule has 2 nitrogen and oxygen atoms in total. The molecule has 3 heteroatoms. The van der Waals surface area contributed by atoms with Gasteiger partial charge >= 0.3 is 0 Å². The highest BCUT2D eigenvalue weighted by Gasteiger charge is 2.38. The highest BCUT2D eigenvalue weighted by molar-refractivity contribution is 5.18. The first-order valence-electron chi connectivity index (χ1n) is 7.67. The lowest BCUT2D eigenvalue weighted by Crippen LogP contribution is -2.52. The Hall–Kier alpha value is -0.930. The summed E-state index contributed by atoms with van der Waals surface area (Å²) in [4.78, 5) is 0. The normalized spacial score (nSPS) is 20.4. The van der Waals surface area contributed by atoms with Crippen LogP contribution in [-0.4, -0.2) is 25.8 Å². The van der Waals surface area contributed by atoms with Crippen LogP contribution in [0, 0.1) is 5.82 Å². The average molecular weight is 279 g/mol. The van der Waals surface area contributed by atoms with Gasteiger partial charge in [0.05, 0.1) is 5.60 Å². The second-order valence-electron chi connectivity index (χ2n) is 5.85. The van der Waals surface area contributed by atoms with Crippen molar-refractivity contribution in [3.63, 3.8) is 0 Å². The molecule has 0 saturated heterocycles. The molecule has 0 heterocycles. The topological polar surface area (TPSA) is 21.3 Å². The quantitative estimate of drug-likeness (QED) is 0.830. The molecule has 2 rings (SSSR count). The minimum Gasteiger partial charge on any atom is -0.377 e. The Morgan fingerprint density at radius 3 is 2.25 bits per heavy atom. The first kappa shape index (κ1) is 15.5. The molecular weight excluding hydrogens is 253 g/mol. The third kappa shape index (κ3) is 3.58. The van der Waals surface area contributed by atoms with Gasteiger partial charge in [0.1, 0.15) is 5.82 Å². The zero-order valence-corrected chi connectivity index (χ0v) is 12.6. The van der Waals surface area contributed by atoms with Gasteiger partial charge in [0, 0.05) is 13.2 Å². The van der Waals surface area contributed by atoms with E-state index in [2.05, 4.69) is 5.32 Å². The molecule has 1 aliphatic carbocycles. The minimum atomic E-state index is -0.175. The van der Waals surface area contributed by atoms with E-state index in [0.717, 1.165) is 24.8 Å². The molecular formula is C17H26FNO. The van der Waals surface area contributed by atoms with E-state index in [0.29, 0.717) is 0 Å². The van der Waals surface area contributed by atoms with Gasteiger partial charge < -0.3 is 10.1 Å². The van der Waals surface area contributed by atoms with Crippen LogP contribution in [0.4, 0.5) is 4.39 Å². The molecule has 0 aromatic heterocycles.